The fourth-order valence-electron chi connectivity index (χ4n) is 1.65. The van der Waals surface area contributed by atoms with Crippen molar-refractivity contribution in [3.8, 4) is 0 Å². The van der Waals surface area contributed by atoms with Gasteiger partial charge in [0, 0.05) is 17.8 Å². The smallest absolute Gasteiger partial charge is 0.272 e. The number of amides is 1. The van der Waals surface area contributed by atoms with E-state index in [1.54, 1.807) is 0 Å². The minimum absolute atomic E-state index is 0.0166. The summed E-state index contributed by atoms with van der Waals surface area (Å²) in [6, 6.07) is 9.02. The zero-order valence-electron chi connectivity index (χ0n) is 11.2. The number of carbonyl (C=O) groups is 1. The van der Waals surface area contributed by atoms with E-state index in [1.807, 2.05) is 0 Å². The Morgan fingerprint density at radius 1 is 1.27 bits per heavy atom. The van der Waals surface area contributed by atoms with Gasteiger partial charge in [-0.05, 0) is 23.8 Å². The summed E-state index contributed by atoms with van der Waals surface area (Å²) in [7, 11) is 0. The van der Waals surface area contributed by atoms with Crippen molar-refractivity contribution < 1.29 is 14.1 Å². The first-order chi connectivity index (χ1) is 10.5. The van der Waals surface area contributed by atoms with Gasteiger partial charge in [0.15, 0.2) is 0 Å². The lowest BCUT2D eigenvalue weighted by Gasteiger charge is -2.02. The highest BCUT2D eigenvalue weighted by Gasteiger charge is 2.13. The molecule has 0 saturated carbocycles. The predicted octanol–water partition coefficient (Wildman–Crippen LogP) is 2.08. The molecule has 8 heteroatoms. The molecule has 1 amide bonds. The van der Waals surface area contributed by atoms with Crippen LogP contribution in [0.15, 0.2) is 47.6 Å². The molecule has 7 nitrogen and oxygen atoms in total. The van der Waals surface area contributed by atoms with Crippen molar-refractivity contribution in [1.29, 1.82) is 0 Å². The van der Waals surface area contributed by atoms with Gasteiger partial charge in [-0.1, -0.05) is 12.1 Å². The molecule has 0 aliphatic carbocycles. The van der Waals surface area contributed by atoms with Gasteiger partial charge in [-0.2, -0.15) is 5.10 Å². The summed E-state index contributed by atoms with van der Waals surface area (Å²) in [6.07, 6.45) is 1.32. The number of hydrogen-bond acceptors (Lipinski definition) is 5. The number of benzene rings is 2. The molecular formula is C14H11FN4O3. The molecule has 112 valence electrons. The van der Waals surface area contributed by atoms with Gasteiger partial charge >= 0.3 is 0 Å². The molecule has 0 fully saturated rings. The molecule has 0 saturated heterocycles. The third kappa shape index (κ3) is 3.85. The SMILES string of the molecule is Nc1cc(C(=O)NN=Cc2ccc(F)cc2)cc([N+](=O)[O-])c1. The zero-order valence-corrected chi connectivity index (χ0v) is 11.2. The van der Waals surface area contributed by atoms with Crippen molar-refractivity contribution in [1.82, 2.24) is 5.43 Å². The van der Waals surface area contributed by atoms with Crippen molar-refractivity contribution in [2.45, 2.75) is 0 Å². The molecule has 0 aromatic heterocycles. The lowest BCUT2D eigenvalue weighted by Crippen LogP contribution is -2.18. The van der Waals surface area contributed by atoms with Gasteiger partial charge in [-0.3, -0.25) is 14.9 Å². The molecule has 0 spiro atoms. The number of nitro benzene ring substituents is 1. The van der Waals surface area contributed by atoms with Crippen LogP contribution in [0.4, 0.5) is 15.8 Å². The van der Waals surface area contributed by atoms with Gasteiger partial charge in [0.05, 0.1) is 16.7 Å². The summed E-state index contributed by atoms with van der Waals surface area (Å²) in [5.74, 6) is -1.03. The van der Waals surface area contributed by atoms with Crippen LogP contribution < -0.4 is 11.2 Å². The van der Waals surface area contributed by atoms with Crippen LogP contribution in [0, 0.1) is 15.9 Å². The quantitative estimate of drug-likeness (QED) is 0.390. The molecule has 3 N–H and O–H groups in total. The molecule has 22 heavy (non-hydrogen) atoms. The first-order valence-electron chi connectivity index (χ1n) is 6.09. The summed E-state index contributed by atoms with van der Waals surface area (Å²) in [5, 5.41) is 14.4. The maximum atomic E-state index is 12.7. The number of hydrazone groups is 1. The number of nitrogens with two attached hydrogens (primary N) is 1. The molecule has 0 bridgehead atoms. The number of carbonyl (C=O) groups excluding carboxylic acids is 1. The number of hydrogen-bond donors (Lipinski definition) is 2. The number of nitrogens with one attached hydrogen (secondary N) is 1. The molecular weight excluding hydrogens is 291 g/mol. The Hall–Kier alpha value is -3.29. The van der Waals surface area contributed by atoms with Crippen LogP contribution in [-0.2, 0) is 0 Å². The van der Waals surface area contributed by atoms with Gasteiger partial charge in [0.1, 0.15) is 5.82 Å². The summed E-state index contributed by atoms with van der Waals surface area (Å²) < 4.78 is 12.7. The number of rotatable bonds is 4. The van der Waals surface area contributed by atoms with Gasteiger partial charge in [0.25, 0.3) is 11.6 Å². The molecule has 2 rings (SSSR count). The summed E-state index contributed by atoms with van der Waals surface area (Å²) in [6.45, 7) is 0. The molecule has 0 radical (unpaired) electrons. The van der Waals surface area contributed by atoms with Crippen molar-refractivity contribution in [3.05, 3.63) is 69.5 Å². The van der Waals surface area contributed by atoms with Crippen LogP contribution in [0.3, 0.4) is 0 Å². The van der Waals surface area contributed by atoms with E-state index in [4.69, 9.17) is 5.73 Å². The summed E-state index contributed by atoms with van der Waals surface area (Å²) in [4.78, 5) is 21.9. The highest BCUT2D eigenvalue weighted by molar-refractivity contribution is 5.96. The van der Waals surface area contributed by atoms with Gasteiger partial charge in [-0.15, -0.1) is 0 Å². The van der Waals surface area contributed by atoms with Crippen LogP contribution in [0.2, 0.25) is 0 Å². The second-order valence-electron chi connectivity index (χ2n) is 4.32. The highest BCUT2D eigenvalue weighted by Crippen LogP contribution is 2.18. The van der Waals surface area contributed by atoms with Crippen LogP contribution in [0.5, 0.6) is 0 Å². The third-order valence-corrected chi connectivity index (χ3v) is 2.66. The van der Waals surface area contributed by atoms with Gasteiger partial charge < -0.3 is 5.73 Å². The van der Waals surface area contributed by atoms with Crippen molar-refractivity contribution in [3.63, 3.8) is 0 Å². The van der Waals surface area contributed by atoms with Crippen LogP contribution in [0.1, 0.15) is 15.9 Å². The van der Waals surface area contributed by atoms with Crippen molar-refractivity contribution >= 4 is 23.5 Å². The lowest BCUT2D eigenvalue weighted by atomic mass is 10.1. The van der Waals surface area contributed by atoms with Crippen LogP contribution in [-0.4, -0.2) is 17.0 Å². The van der Waals surface area contributed by atoms with Gasteiger partial charge in [0.2, 0.25) is 0 Å². The Morgan fingerprint density at radius 3 is 2.59 bits per heavy atom. The normalized spacial score (nSPS) is 10.6. The van der Waals surface area contributed by atoms with E-state index in [1.165, 1.54) is 36.5 Å². The average Bonchev–Trinajstić information content (AvgIpc) is 2.48. The van der Waals surface area contributed by atoms with Crippen molar-refractivity contribution in [2.24, 2.45) is 5.10 Å². The van der Waals surface area contributed by atoms with Crippen LogP contribution in [0.25, 0.3) is 0 Å². The number of non-ortho nitro benzene ring substituents is 1. The zero-order chi connectivity index (χ0) is 16.1. The van der Waals surface area contributed by atoms with Crippen molar-refractivity contribution in [2.75, 3.05) is 5.73 Å². The lowest BCUT2D eigenvalue weighted by molar-refractivity contribution is -0.384. The fraction of sp³-hybridized carbons (Fsp3) is 0. The largest absolute Gasteiger partial charge is 0.399 e. The maximum absolute atomic E-state index is 12.7. The van der Waals surface area contributed by atoms with Gasteiger partial charge in [-0.25, -0.2) is 9.82 Å². The Kier molecular flexibility index (Phi) is 4.42. The minimum atomic E-state index is -0.645. The highest BCUT2D eigenvalue weighted by atomic mass is 19.1. The molecule has 0 heterocycles. The standard InChI is InChI=1S/C14H11FN4O3/c15-11-3-1-9(2-4-11)8-17-18-14(20)10-5-12(16)7-13(6-10)19(21)22/h1-8H,16H2,(H,18,20). The third-order valence-electron chi connectivity index (χ3n) is 2.66. The Labute approximate surface area is 124 Å². The minimum Gasteiger partial charge on any atom is -0.399 e. The Morgan fingerprint density at radius 2 is 1.95 bits per heavy atom. The van der Waals surface area contributed by atoms with E-state index in [9.17, 15) is 19.3 Å². The number of nitrogen functional groups attached to an aromatic ring is 1. The second kappa shape index (κ2) is 6.44. The molecule has 0 aliphatic heterocycles. The molecule has 0 atom stereocenters. The average molecular weight is 302 g/mol. The number of nitro groups is 1. The molecule has 0 aliphatic rings. The topological polar surface area (TPSA) is 111 Å². The summed E-state index contributed by atoms with van der Waals surface area (Å²) >= 11 is 0. The number of anilines is 1. The van der Waals surface area contributed by atoms with Crippen LogP contribution >= 0.6 is 0 Å². The maximum Gasteiger partial charge on any atom is 0.272 e. The first kappa shape index (κ1) is 15.1. The Balaban J connectivity index is 2.09. The van der Waals surface area contributed by atoms with E-state index < -0.39 is 10.8 Å². The molecule has 2 aromatic carbocycles. The van der Waals surface area contributed by atoms with E-state index in [-0.39, 0.29) is 22.8 Å². The van der Waals surface area contributed by atoms with E-state index >= 15 is 0 Å². The number of halogens is 1. The van der Waals surface area contributed by atoms with E-state index in [0.717, 1.165) is 12.1 Å². The molecule has 0 unspecified atom stereocenters. The fourth-order valence-corrected chi connectivity index (χ4v) is 1.65. The Bertz CT molecular complexity index is 744. The monoisotopic (exact) mass is 302 g/mol. The predicted molar refractivity (Wildman–Crippen MR) is 79.0 cm³/mol. The van der Waals surface area contributed by atoms with E-state index in [0.29, 0.717) is 5.56 Å². The summed E-state index contributed by atoms with van der Waals surface area (Å²) in [5.41, 5.74) is 8.14. The first-order valence-corrected chi connectivity index (χ1v) is 6.09. The van der Waals surface area contributed by atoms with E-state index in [2.05, 4.69) is 10.5 Å². The second-order valence-corrected chi connectivity index (χ2v) is 4.32. The number of nitrogens with zero attached hydrogens (tertiary/aromatic N) is 2. The molecule has 2 aromatic rings.